The number of carboxylic acid groups (broad SMARTS) is 1. The predicted octanol–water partition coefficient (Wildman–Crippen LogP) is 0.585. The quantitative estimate of drug-likeness (QED) is 0.703. The molecule has 5 heteroatoms. The van der Waals surface area contributed by atoms with Crippen molar-refractivity contribution in [2.75, 3.05) is 0 Å². The van der Waals surface area contributed by atoms with Gasteiger partial charge in [-0.3, -0.25) is 4.79 Å². The van der Waals surface area contributed by atoms with Gasteiger partial charge in [-0.15, -0.1) is 0 Å². The highest BCUT2D eigenvalue weighted by Gasteiger charge is 2.07. The van der Waals surface area contributed by atoms with Crippen LogP contribution in [0.2, 0.25) is 0 Å². The maximum absolute atomic E-state index is 10.5. The van der Waals surface area contributed by atoms with Crippen molar-refractivity contribution in [2.45, 2.75) is 6.42 Å². The molecule has 0 bridgehead atoms. The van der Waals surface area contributed by atoms with Crippen LogP contribution in [0, 0.1) is 0 Å². The van der Waals surface area contributed by atoms with Crippen molar-refractivity contribution in [1.82, 2.24) is 15.0 Å². The first-order valence-corrected chi connectivity index (χ1v) is 3.76. The van der Waals surface area contributed by atoms with E-state index in [-0.39, 0.29) is 6.42 Å². The summed E-state index contributed by atoms with van der Waals surface area (Å²) in [6.45, 7) is 0. The molecule has 13 heavy (non-hydrogen) atoms. The molecule has 0 fully saturated rings. The molecule has 2 heterocycles. The lowest BCUT2D eigenvalue weighted by atomic mass is 10.2. The number of aromatic amines is 1. The van der Waals surface area contributed by atoms with Crippen LogP contribution in [0.5, 0.6) is 0 Å². The largest absolute Gasteiger partial charge is 0.481 e. The maximum Gasteiger partial charge on any atom is 0.309 e. The van der Waals surface area contributed by atoms with Gasteiger partial charge in [-0.25, -0.2) is 9.97 Å². The number of nitrogens with zero attached hydrogens (tertiary/aromatic N) is 2. The summed E-state index contributed by atoms with van der Waals surface area (Å²) >= 11 is 0. The summed E-state index contributed by atoms with van der Waals surface area (Å²) in [5.41, 5.74) is 1.21. The molecule has 0 radical (unpaired) electrons. The summed E-state index contributed by atoms with van der Waals surface area (Å²) in [4.78, 5) is 21.2. The summed E-state index contributed by atoms with van der Waals surface area (Å²) < 4.78 is 0. The molecular weight excluding hydrogens is 170 g/mol. The maximum atomic E-state index is 10.5. The Morgan fingerprint density at radius 2 is 2.38 bits per heavy atom. The number of carboxylic acids is 1. The zero-order valence-corrected chi connectivity index (χ0v) is 6.69. The molecule has 0 amide bonds. The third-order valence-electron chi connectivity index (χ3n) is 1.76. The van der Waals surface area contributed by atoms with Gasteiger partial charge in [0.1, 0.15) is 12.0 Å². The fourth-order valence-electron chi connectivity index (χ4n) is 1.21. The lowest BCUT2D eigenvalue weighted by Crippen LogP contribution is -2.02. The molecule has 0 aliphatic heterocycles. The molecule has 2 aromatic rings. The van der Waals surface area contributed by atoms with Crippen LogP contribution < -0.4 is 0 Å². The van der Waals surface area contributed by atoms with Gasteiger partial charge < -0.3 is 10.1 Å². The Morgan fingerprint density at radius 1 is 1.54 bits per heavy atom. The fourth-order valence-corrected chi connectivity index (χ4v) is 1.21. The van der Waals surface area contributed by atoms with E-state index < -0.39 is 5.97 Å². The van der Waals surface area contributed by atoms with Crippen molar-refractivity contribution < 1.29 is 9.90 Å². The number of rotatable bonds is 2. The van der Waals surface area contributed by atoms with Gasteiger partial charge >= 0.3 is 5.97 Å². The van der Waals surface area contributed by atoms with Crippen molar-refractivity contribution in [1.29, 1.82) is 0 Å². The van der Waals surface area contributed by atoms with Crippen LogP contribution in [-0.4, -0.2) is 26.0 Å². The normalized spacial score (nSPS) is 10.5. The minimum absolute atomic E-state index is 0.0725. The van der Waals surface area contributed by atoms with Crippen LogP contribution in [0.4, 0.5) is 0 Å². The van der Waals surface area contributed by atoms with Crippen LogP contribution in [0.1, 0.15) is 5.69 Å². The minimum Gasteiger partial charge on any atom is -0.481 e. The van der Waals surface area contributed by atoms with E-state index in [9.17, 15) is 4.79 Å². The van der Waals surface area contributed by atoms with Gasteiger partial charge in [-0.05, 0) is 6.07 Å². The summed E-state index contributed by atoms with van der Waals surface area (Å²) in [7, 11) is 0. The Bertz CT molecular complexity index is 449. The van der Waals surface area contributed by atoms with Gasteiger partial charge in [0.15, 0.2) is 0 Å². The van der Waals surface area contributed by atoms with Gasteiger partial charge in [0.25, 0.3) is 0 Å². The number of carbonyl (C=O) groups is 1. The zero-order valence-electron chi connectivity index (χ0n) is 6.69. The van der Waals surface area contributed by atoms with E-state index in [0.717, 1.165) is 5.39 Å². The van der Waals surface area contributed by atoms with Gasteiger partial charge in [-0.1, -0.05) is 0 Å². The fraction of sp³-hybridized carbons (Fsp3) is 0.125. The van der Waals surface area contributed by atoms with Gasteiger partial charge in [0.2, 0.25) is 0 Å². The first kappa shape index (κ1) is 7.72. The molecule has 2 aromatic heterocycles. The molecule has 5 nitrogen and oxygen atoms in total. The van der Waals surface area contributed by atoms with Gasteiger partial charge in [-0.2, -0.15) is 0 Å². The molecule has 0 aliphatic rings. The second-order valence-electron chi connectivity index (χ2n) is 2.63. The summed E-state index contributed by atoms with van der Waals surface area (Å²) in [5, 5.41) is 9.36. The summed E-state index contributed by atoms with van der Waals surface area (Å²) in [6.07, 6.45) is 3.00. The number of hydrogen-bond donors (Lipinski definition) is 2. The highest BCUT2D eigenvalue weighted by atomic mass is 16.4. The second-order valence-corrected chi connectivity index (χ2v) is 2.63. The first-order chi connectivity index (χ1) is 6.27. The van der Waals surface area contributed by atoms with Crippen molar-refractivity contribution in [3.8, 4) is 0 Å². The van der Waals surface area contributed by atoms with Crippen molar-refractivity contribution >= 4 is 17.0 Å². The smallest absolute Gasteiger partial charge is 0.309 e. The number of fused-ring (bicyclic) bond motifs is 1. The van der Waals surface area contributed by atoms with Crippen molar-refractivity contribution in [2.24, 2.45) is 0 Å². The molecule has 2 rings (SSSR count). The Morgan fingerprint density at radius 3 is 3.15 bits per heavy atom. The minimum atomic E-state index is -0.888. The molecule has 0 spiro atoms. The van der Waals surface area contributed by atoms with Crippen LogP contribution in [-0.2, 0) is 11.2 Å². The molecule has 0 atom stereocenters. The standard InChI is InChI=1S/C8H7N3O2/c12-7(13)3-6-5-1-2-9-8(5)11-4-10-6/h1-2,4H,3H2,(H,12,13)(H,9,10,11). The highest BCUT2D eigenvalue weighted by Crippen LogP contribution is 2.12. The second kappa shape index (κ2) is 2.85. The van der Waals surface area contributed by atoms with Gasteiger partial charge in [0.05, 0.1) is 12.1 Å². The number of hydrogen-bond acceptors (Lipinski definition) is 3. The molecule has 0 saturated heterocycles. The Labute approximate surface area is 73.4 Å². The van der Waals surface area contributed by atoms with Gasteiger partial charge in [0, 0.05) is 11.6 Å². The number of aromatic nitrogens is 3. The lowest BCUT2D eigenvalue weighted by molar-refractivity contribution is -0.136. The zero-order chi connectivity index (χ0) is 9.26. The Kier molecular flexibility index (Phi) is 1.70. The molecule has 0 aliphatic carbocycles. The van der Waals surface area contributed by atoms with Crippen molar-refractivity contribution in [3.63, 3.8) is 0 Å². The molecule has 0 unspecified atom stereocenters. The van der Waals surface area contributed by atoms with Crippen LogP contribution in [0.3, 0.4) is 0 Å². The molecular formula is C8H7N3O2. The molecule has 0 aromatic carbocycles. The van der Waals surface area contributed by atoms with Crippen LogP contribution in [0.15, 0.2) is 18.6 Å². The summed E-state index contributed by atoms with van der Waals surface area (Å²) in [6, 6.07) is 1.77. The Balaban J connectivity index is 2.54. The number of H-pyrrole nitrogens is 1. The van der Waals surface area contributed by atoms with E-state index >= 15 is 0 Å². The third-order valence-corrected chi connectivity index (χ3v) is 1.76. The number of aliphatic carboxylic acids is 1. The highest BCUT2D eigenvalue weighted by molar-refractivity contribution is 5.82. The van der Waals surface area contributed by atoms with Crippen LogP contribution in [0.25, 0.3) is 11.0 Å². The van der Waals surface area contributed by atoms with Crippen molar-refractivity contribution in [3.05, 3.63) is 24.3 Å². The van der Waals surface area contributed by atoms with E-state index in [2.05, 4.69) is 15.0 Å². The van der Waals surface area contributed by atoms with E-state index in [1.165, 1.54) is 6.33 Å². The molecule has 2 N–H and O–H groups in total. The first-order valence-electron chi connectivity index (χ1n) is 3.76. The van der Waals surface area contributed by atoms with E-state index in [0.29, 0.717) is 11.3 Å². The monoisotopic (exact) mass is 177 g/mol. The average Bonchev–Trinajstić information content (AvgIpc) is 2.51. The lowest BCUT2D eigenvalue weighted by Gasteiger charge is -1.96. The predicted molar refractivity (Wildman–Crippen MR) is 45.2 cm³/mol. The topological polar surface area (TPSA) is 78.9 Å². The van der Waals surface area contributed by atoms with E-state index in [4.69, 9.17) is 5.11 Å². The molecule has 0 saturated carbocycles. The average molecular weight is 177 g/mol. The Hall–Kier alpha value is -1.91. The van der Waals surface area contributed by atoms with Crippen LogP contribution >= 0.6 is 0 Å². The molecule has 66 valence electrons. The number of nitrogens with one attached hydrogen (secondary N) is 1. The SMILES string of the molecule is O=C(O)Cc1ncnc2[nH]ccc12. The third kappa shape index (κ3) is 1.35. The van der Waals surface area contributed by atoms with E-state index in [1.54, 1.807) is 12.3 Å². The van der Waals surface area contributed by atoms with E-state index in [1.807, 2.05) is 0 Å². The summed E-state index contributed by atoms with van der Waals surface area (Å²) in [5.74, 6) is -0.888.